The Balaban J connectivity index is 1.34. The second kappa shape index (κ2) is 8.01. The Morgan fingerprint density at radius 2 is 1.90 bits per heavy atom. The summed E-state index contributed by atoms with van der Waals surface area (Å²) in [6.45, 7) is 6.17. The van der Waals surface area contributed by atoms with Gasteiger partial charge in [-0.15, -0.1) is 0 Å². The summed E-state index contributed by atoms with van der Waals surface area (Å²) in [5, 5.41) is 1.13. The molecule has 2 aliphatic rings. The number of carbonyl (C=O) groups excluding carboxylic acids is 1. The molecule has 30 heavy (non-hydrogen) atoms. The number of rotatable bonds is 6. The van der Waals surface area contributed by atoms with E-state index < -0.39 is 0 Å². The second-order valence-electron chi connectivity index (χ2n) is 8.23. The van der Waals surface area contributed by atoms with Crippen LogP contribution in [0.4, 0.5) is 5.69 Å². The SMILES string of the molecule is CCCOc1ccc(-c2cc3c(N4CCN(C(=O)C5CC5)CC4)ccnc3[nH]2)cc1. The monoisotopic (exact) mass is 404 g/mol. The normalized spacial score (nSPS) is 16.8. The van der Waals surface area contributed by atoms with Gasteiger partial charge in [-0.05, 0) is 61.2 Å². The number of piperazine rings is 1. The number of fused-ring (bicyclic) bond motifs is 1. The molecule has 156 valence electrons. The molecule has 0 atom stereocenters. The Morgan fingerprint density at radius 1 is 1.13 bits per heavy atom. The Hall–Kier alpha value is -3.02. The lowest BCUT2D eigenvalue weighted by Crippen LogP contribution is -2.49. The number of benzene rings is 1. The van der Waals surface area contributed by atoms with Crippen LogP contribution < -0.4 is 9.64 Å². The van der Waals surface area contributed by atoms with E-state index in [0.29, 0.717) is 11.8 Å². The molecule has 3 aromatic rings. The zero-order chi connectivity index (χ0) is 20.5. The van der Waals surface area contributed by atoms with E-state index in [1.807, 2.05) is 23.2 Å². The van der Waals surface area contributed by atoms with Crippen LogP contribution in [0.15, 0.2) is 42.6 Å². The highest BCUT2D eigenvalue weighted by Crippen LogP contribution is 2.33. The quantitative estimate of drug-likeness (QED) is 0.673. The number of H-pyrrole nitrogens is 1. The van der Waals surface area contributed by atoms with E-state index in [1.165, 1.54) is 5.69 Å². The third kappa shape index (κ3) is 3.74. The first-order valence-electron chi connectivity index (χ1n) is 11.0. The van der Waals surface area contributed by atoms with Crippen LogP contribution in [0.5, 0.6) is 5.75 Å². The molecule has 1 saturated heterocycles. The molecule has 1 saturated carbocycles. The van der Waals surface area contributed by atoms with E-state index in [0.717, 1.165) is 80.1 Å². The van der Waals surface area contributed by atoms with Crippen LogP contribution in [0.2, 0.25) is 0 Å². The van der Waals surface area contributed by atoms with E-state index in [2.05, 4.69) is 46.1 Å². The van der Waals surface area contributed by atoms with Crippen LogP contribution in [0.25, 0.3) is 22.3 Å². The Morgan fingerprint density at radius 3 is 2.60 bits per heavy atom. The first-order chi connectivity index (χ1) is 14.7. The fraction of sp³-hybridized carbons (Fsp3) is 0.417. The summed E-state index contributed by atoms with van der Waals surface area (Å²) >= 11 is 0. The topological polar surface area (TPSA) is 61.5 Å². The maximum atomic E-state index is 12.3. The molecule has 1 aromatic carbocycles. The van der Waals surface area contributed by atoms with Gasteiger partial charge in [0.2, 0.25) is 5.91 Å². The number of amides is 1. The van der Waals surface area contributed by atoms with Gasteiger partial charge in [0.05, 0.1) is 6.61 Å². The summed E-state index contributed by atoms with van der Waals surface area (Å²) in [5.41, 5.74) is 4.24. The molecule has 2 aromatic heterocycles. The van der Waals surface area contributed by atoms with Crippen molar-refractivity contribution in [1.29, 1.82) is 0 Å². The smallest absolute Gasteiger partial charge is 0.225 e. The average molecular weight is 405 g/mol. The minimum atomic E-state index is 0.301. The second-order valence-corrected chi connectivity index (χ2v) is 8.23. The maximum absolute atomic E-state index is 12.3. The lowest BCUT2D eigenvalue weighted by molar-refractivity contribution is -0.132. The third-order valence-corrected chi connectivity index (χ3v) is 6.01. The summed E-state index contributed by atoms with van der Waals surface area (Å²) in [5.74, 6) is 1.55. The predicted octanol–water partition coefficient (Wildman–Crippen LogP) is 4.08. The fourth-order valence-electron chi connectivity index (χ4n) is 4.15. The van der Waals surface area contributed by atoms with Gasteiger partial charge in [-0.2, -0.15) is 0 Å². The molecule has 1 aliphatic carbocycles. The highest BCUT2D eigenvalue weighted by molar-refractivity contribution is 5.94. The summed E-state index contributed by atoms with van der Waals surface area (Å²) < 4.78 is 5.69. The van der Waals surface area contributed by atoms with Gasteiger partial charge in [0, 0.05) is 55.1 Å². The van der Waals surface area contributed by atoms with E-state index in [9.17, 15) is 4.79 Å². The molecule has 6 heteroatoms. The molecular formula is C24H28N4O2. The van der Waals surface area contributed by atoms with Crippen molar-refractivity contribution in [3.63, 3.8) is 0 Å². The van der Waals surface area contributed by atoms with Gasteiger partial charge < -0.3 is 19.5 Å². The standard InChI is InChI=1S/C24H28N4O2/c1-2-15-30-19-7-5-17(6-8-19)21-16-20-22(9-10-25-23(20)26-21)27-11-13-28(14-12-27)24(29)18-3-4-18/h5-10,16,18H,2-4,11-15H2,1H3,(H,25,26). The zero-order valence-corrected chi connectivity index (χ0v) is 17.4. The zero-order valence-electron chi connectivity index (χ0n) is 17.4. The van der Waals surface area contributed by atoms with E-state index in [-0.39, 0.29) is 0 Å². The van der Waals surface area contributed by atoms with Gasteiger partial charge in [0.25, 0.3) is 0 Å². The number of aromatic nitrogens is 2. The number of carbonyl (C=O) groups is 1. The molecule has 6 nitrogen and oxygen atoms in total. The van der Waals surface area contributed by atoms with Crippen LogP contribution in [0, 0.1) is 5.92 Å². The highest BCUT2D eigenvalue weighted by Gasteiger charge is 2.34. The van der Waals surface area contributed by atoms with E-state index >= 15 is 0 Å². The molecule has 1 N–H and O–H groups in total. The van der Waals surface area contributed by atoms with Crippen molar-refractivity contribution >= 4 is 22.6 Å². The van der Waals surface area contributed by atoms with Crippen LogP contribution in [-0.2, 0) is 4.79 Å². The number of nitrogens with one attached hydrogen (secondary N) is 1. The minimum Gasteiger partial charge on any atom is -0.494 e. The maximum Gasteiger partial charge on any atom is 0.225 e. The van der Waals surface area contributed by atoms with Crippen LogP contribution in [0.3, 0.4) is 0 Å². The Kier molecular flexibility index (Phi) is 5.07. The number of anilines is 1. The molecule has 0 spiro atoms. The van der Waals surface area contributed by atoms with Gasteiger partial charge >= 0.3 is 0 Å². The molecule has 1 amide bonds. The van der Waals surface area contributed by atoms with Gasteiger partial charge in [0.1, 0.15) is 11.4 Å². The first kappa shape index (κ1) is 19.0. The first-order valence-corrected chi connectivity index (χ1v) is 11.0. The van der Waals surface area contributed by atoms with Crippen LogP contribution in [-0.4, -0.2) is 53.6 Å². The molecule has 5 rings (SSSR count). The lowest BCUT2D eigenvalue weighted by atomic mass is 10.1. The molecular weight excluding hydrogens is 376 g/mol. The van der Waals surface area contributed by atoms with Crippen LogP contribution in [0.1, 0.15) is 26.2 Å². The molecule has 0 unspecified atom stereocenters. The third-order valence-electron chi connectivity index (χ3n) is 6.01. The van der Waals surface area contributed by atoms with Crippen molar-refractivity contribution in [2.45, 2.75) is 26.2 Å². The van der Waals surface area contributed by atoms with E-state index in [1.54, 1.807) is 0 Å². The minimum absolute atomic E-state index is 0.301. The van der Waals surface area contributed by atoms with Gasteiger partial charge in [-0.3, -0.25) is 4.79 Å². The summed E-state index contributed by atoms with van der Waals surface area (Å²) in [7, 11) is 0. The number of nitrogens with zero attached hydrogens (tertiary/aromatic N) is 3. The number of aromatic amines is 1. The Labute approximate surface area is 176 Å². The van der Waals surface area contributed by atoms with Gasteiger partial charge in [-0.25, -0.2) is 4.98 Å². The van der Waals surface area contributed by atoms with Crippen LogP contribution >= 0.6 is 0 Å². The number of pyridine rings is 1. The van der Waals surface area contributed by atoms with Crippen molar-refractivity contribution in [3.8, 4) is 17.0 Å². The molecule has 0 bridgehead atoms. The summed E-state index contributed by atoms with van der Waals surface area (Å²) in [6, 6.07) is 12.5. The van der Waals surface area contributed by atoms with Gasteiger partial charge in [-0.1, -0.05) is 6.92 Å². The molecule has 3 heterocycles. The van der Waals surface area contributed by atoms with E-state index in [4.69, 9.17) is 4.74 Å². The number of hydrogen-bond acceptors (Lipinski definition) is 4. The largest absolute Gasteiger partial charge is 0.494 e. The molecule has 2 fully saturated rings. The van der Waals surface area contributed by atoms with Crippen molar-refractivity contribution in [2.75, 3.05) is 37.7 Å². The number of hydrogen-bond donors (Lipinski definition) is 1. The van der Waals surface area contributed by atoms with Crippen molar-refractivity contribution in [1.82, 2.24) is 14.9 Å². The van der Waals surface area contributed by atoms with Crippen molar-refractivity contribution in [2.24, 2.45) is 5.92 Å². The van der Waals surface area contributed by atoms with Crippen molar-refractivity contribution in [3.05, 3.63) is 42.6 Å². The average Bonchev–Trinajstić information content (AvgIpc) is 3.55. The molecule has 0 radical (unpaired) electrons. The lowest BCUT2D eigenvalue weighted by Gasteiger charge is -2.36. The van der Waals surface area contributed by atoms with Crippen molar-refractivity contribution < 1.29 is 9.53 Å². The summed E-state index contributed by atoms with van der Waals surface area (Å²) in [4.78, 5) is 24.8. The fourth-order valence-corrected chi connectivity index (χ4v) is 4.15. The number of ether oxygens (including phenoxy) is 1. The summed E-state index contributed by atoms with van der Waals surface area (Å²) in [6.07, 6.45) is 5.01. The molecule has 1 aliphatic heterocycles. The highest BCUT2D eigenvalue weighted by atomic mass is 16.5. The Bertz CT molecular complexity index is 1030. The van der Waals surface area contributed by atoms with Gasteiger partial charge in [0.15, 0.2) is 0 Å². The predicted molar refractivity (Wildman–Crippen MR) is 119 cm³/mol.